The van der Waals surface area contributed by atoms with Crippen molar-refractivity contribution in [1.82, 2.24) is 15.1 Å². The van der Waals surface area contributed by atoms with Crippen LogP contribution in [0.3, 0.4) is 0 Å². The molecule has 0 saturated heterocycles. The summed E-state index contributed by atoms with van der Waals surface area (Å²) in [5.41, 5.74) is 5.93. The van der Waals surface area contributed by atoms with Crippen LogP contribution in [0.2, 0.25) is 0 Å². The molecule has 2 aliphatic rings. The summed E-state index contributed by atoms with van der Waals surface area (Å²) in [7, 11) is 0. The van der Waals surface area contributed by atoms with E-state index in [1.54, 1.807) is 6.07 Å². The summed E-state index contributed by atoms with van der Waals surface area (Å²) < 4.78 is 63.7. The molecule has 30 heavy (non-hydrogen) atoms. The predicted octanol–water partition coefficient (Wildman–Crippen LogP) is 3.28. The van der Waals surface area contributed by atoms with E-state index >= 15 is 0 Å². The first-order valence-corrected chi connectivity index (χ1v) is 9.07. The number of fused-ring (bicyclic) bond motifs is 1. The predicted molar refractivity (Wildman–Crippen MR) is 91.6 cm³/mol. The lowest BCUT2D eigenvalue weighted by Crippen LogP contribution is -2.56. The Kier molecular flexibility index (Phi) is 4.86. The second-order valence-corrected chi connectivity index (χ2v) is 7.13. The Morgan fingerprint density at radius 3 is 2.77 bits per heavy atom. The van der Waals surface area contributed by atoms with E-state index < -0.39 is 48.8 Å². The number of nitrogens with two attached hydrogens (primary N) is 1. The summed E-state index contributed by atoms with van der Waals surface area (Å²) in [4.78, 5) is 25.3. The molecule has 1 aliphatic heterocycles. The Labute approximate surface area is 167 Å². The lowest BCUT2D eigenvalue weighted by molar-refractivity contribution is -0.157. The van der Waals surface area contributed by atoms with Crippen molar-refractivity contribution in [2.75, 3.05) is 0 Å². The van der Waals surface area contributed by atoms with Crippen LogP contribution in [-0.4, -0.2) is 45.2 Å². The average Bonchev–Trinajstić information content (AvgIpc) is 3.28. The van der Waals surface area contributed by atoms with Crippen LogP contribution < -0.4 is 5.73 Å². The normalized spacial score (nSPS) is 23.0. The van der Waals surface area contributed by atoms with Crippen LogP contribution in [0.15, 0.2) is 22.6 Å². The number of halogens is 4. The first-order chi connectivity index (χ1) is 14.2. The van der Waals surface area contributed by atoms with Gasteiger partial charge in [0.05, 0.1) is 6.04 Å². The number of primary amides is 1. The minimum Gasteiger partial charge on any atom is -0.438 e. The number of hydrogen-bond donors (Lipinski definition) is 1. The summed E-state index contributed by atoms with van der Waals surface area (Å²) in [6.07, 6.45) is -6.27. The number of alkyl halides is 4. The second kappa shape index (κ2) is 7.26. The van der Waals surface area contributed by atoms with Crippen molar-refractivity contribution >= 4 is 12.0 Å². The van der Waals surface area contributed by atoms with Gasteiger partial charge in [-0.3, -0.25) is 4.79 Å². The van der Waals surface area contributed by atoms with Crippen molar-refractivity contribution in [3.63, 3.8) is 0 Å². The van der Waals surface area contributed by atoms with Crippen LogP contribution in [-0.2, 0) is 11.3 Å². The number of carbonyl (C=O) groups is 2. The Balaban J connectivity index is 1.62. The van der Waals surface area contributed by atoms with Crippen molar-refractivity contribution < 1.29 is 36.3 Å². The number of carbonyl (C=O) groups excluding carboxylic acids is 2. The van der Waals surface area contributed by atoms with Gasteiger partial charge >= 0.3 is 12.5 Å². The lowest BCUT2D eigenvalue weighted by atomic mass is 9.88. The van der Waals surface area contributed by atoms with Crippen molar-refractivity contribution in [2.45, 2.75) is 50.3 Å². The van der Waals surface area contributed by atoms with Gasteiger partial charge in [0.2, 0.25) is 5.89 Å². The third kappa shape index (κ3) is 3.46. The summed E-state index contributed by atoms with van der Waals surface area (Å²) >= 11 is 0. The van der Waals surface area contributed by atoms with Crippen molar-refractivity contribution in [3.05, 3.63) is 35.2 Å². The smallest absolute Gasteiger partial charge is 0.405 e. The van der Waals surface area contributed by atoms with E-state index in [-0.39, 0.29) is 36.4 Å². The Morgan fingerprint density at radius 1 is 1.33 bits per heavy atom. The molecule has 2 N–H and O–H groups in total. The molecular weight excluding hydrogens is 412 g/mol. The molecule has 8 nitrogen and oxygen atoms in total. The molecule has 2 amide bonds. The van der Waals surface area contributed by atoms with Crippen LogP contribution in [0.5, 0.6) is 0 Å². The maximum absolute atomic E-state index is 14.4. The summed E-state index contributed by atoms with van der Waals surface area (Å²) in [6.45, 7) is 0.0277. The minimum atomic E-state index is -3.33. The number of ether oxygens (including phenoxy) is 1. The highest BCUT2D eigenvalue weighted by molar-refractivity contribution is 5.99. The molecule has 0 bridgehead atoms. The first kappa shape index (κ1) is 20.1. The number of amides is 2. The molecule has 1 fully saturated rings. The molecule has 0 radical (unpaired) electrons. The molecule has 1 aromatic heterocycles. The van der Waals surface area contributed by atoms with Gasteiger partial charge in [0.25, 0.3) is 17.7 Å². The Hall–Kier alpha value is -3.18. The Bertz CT molecular complexity index is 996. The van der Waals surface area contributed by atoms with E-state index in [1.165, 1.54) is 17.0 Å². The van der Waals surface area contributed by atoms with Crippen molar-refractivity contribution in [2.24, 2.45) is 5.73 Å². The zero-order chi connectivity index (χ0) is 21.6. The van der Waals surface area contributed by atoms with Gasteiger partial charge < -0.3 is 19.8 Å². The molecule has 4 rings (SSSR count). The van der Waals surface area contributed by atoms with Crippen molar-refractivity contribution in [3.8, 4) is 11.5 Å². The molecule has 12 heteroatoms. The highest BCUT2D eigenvalue weighted by Crippen LogP contribution is 2.41. The molecule has 2 heterocycles. The standard InChI is InChI=1S/C18H16F4N4O4/c19-13(20)15-25-24-14(30-15)8-3-4-9-7-26(16(27)10(9)6-8)11-2-1-5-18(21,22)12(11)29-17(23)28/h3-4,6,11-13H,1-2,5,7H2,(H2,23,28)/t11-,12+/m1/s1. The molecule has 0 unspecified atom stereocenters. The van der Waals surface area contributed by atoms with Gasteiger partial charge in [0.1, 0.15) is 0 Å². The van der Waals surface area contributed by atoms with E-state index in [9.17, 15) is 27.2 Å². The van der Waals surface area contributed by atoms with Crippen LogP contribution in [0, 0.1) is 0 Å². The topological polar surface area (TPSA) is 112 Å². The molecule has 2 aromatic rings. The zero-order valence-corrected chi connectivity index (χ0v) is 15.4. The minimum absolute atomic E-state index is 0.0277. The Morgan fingerprint density at radius 2 is 2.10 bits per heavy atom. The molecule has 0 spiro atoms. The zero-order valence-electron chi connectivity index (χ0n) is 15.4. The molecular formula is C18H16F4N4O4. The van der Waals surface area contributed by atoms with E-state index in [0.29, 0.717) is 5.56 Å². The fourth-order valence-electron chi connectivity index (χ4n) is 3.89. The van der Waals surface area contributed by atoms with Gasteiger partial charge in [-0.05, 0) is 30.5 Å². The highest BCUT2D eigenvalue weighted by atomic mass is 19.3. The first-order valence-electron chi connectivity index (χ1n) is 9.07. The second-order valence-electron chi connectivity index (χ2n) is 7.13. The average molecular weight is 428 g/mol. The van der Waals surface area contributed by atoms with Crippen LogP contribution in [0.25, 0.3) is 11.5 Å². The monoisotopic (exact) mass is 428 g/mol. The van der Waals surface area contributed by atoms with Gasteiger partial charge in [0, 0.05) is 24.1 Å². The number of benzene rings is 1. The third-order valence-corrected chi connectivity index (χ3v) is 5.24. The molecule has 2 atom stereocenters. The quantitative estimate of drug-likeness (QED) is 0.748. The van der Waals surface area contributed by atoms with Crippen LogP contribution in [0.4, 0.5) is 22.4 Å². The number of rotatable bonds is 4. The van der Waals surface area contributed by atoms with Crippen molar-refractivity contribution in [1.29, 1.82) is 0 Å². The number of hydrogen-bond acceptors (Lipinski definition) is 6. The molecule has 1 saturated carbocycles. The van der Waals surface area contributed by atoms with Gasteiger partial charge in [0.15, 0.2) is 6.10 Å². The number of nitrogens with zero attached hydrogens (tertiary/aromatic N) is 3. The fraction of sp³-hybridized carbons (Fsp3) is 0.444. The van der Waals surface area contributed by atoms with Crippen LogP contribution in [0.1, 0.15) is 47.5 Å². The van der Waals surface area contributed by atoms with E-state index in [0.717, 1.165) is 0 Å². The van der Waals surface area contributed by atoms with Gasteiger partial charge in [-0.25, -0.2) is 13.6 Å². The van der Waals surface area contributed by atoms with Gasteiger partial charge in [-0.1, -0.05) is 6.07 Å². The maximum Gasteiger partial charge on any atom is 0.405 e. The SMILES string of the molecule is NC(=O)O[C@H]1[C@H](N2Cc3ccc(-c4nnc(C(F)F)o4)cc3C2=O)CCCC1(F)F. The lowest BCUT2D eigenvalue weighted by Gasteiger charge is -2.41. The van der Waals surface area contributed by atoms with E-state index in [1.807, 2.05) is 0 Å². The van der Waals surface area contributed by atoms with Gasteiger partial charge in [-0.2, -0.15) is 8.78 Å². The third-order valence-electron chi connectivity index (χ3n) is 5.24. The largest absolute Gasteiger partial charge is 0.438 e. The van der Waals surface area contributed by atoms with Gasteiger partial charge in [-0.15, -0.1) is 10.2 Å². The molecule has 160 valence electrons. The summed E-state index contributed by atoms with van der Waals surface area (Å²) in [5.74, 6) is -4.93. The van der Waals surface area contributed by atoms with Crippen LogP contribution >= 0.6 is 0 Å². The summed E-state index contributed by atoms with van der Waals surface area (Å²) in [5, 5.41) is 6.78. The van der Waals surface area contributed by atoms with E-state index in [2.05, 4.69) is 14.9 Å². The maximum atomic E-state index is 14.4. The summed E-state index contributed by atoms with van der Waals surface area (Å²) in [6, 6.07) is 3.38. The fourth-order valence-corrected chi connectivity index (χ4v) is 3.89. The molecule has 1 aliphatic carbocycles. The molecule has 1 aromatic carbocycles. The highest BCUT2D eigenvalue weighted by Gasteiger charge is 2.53. The number of aromatic nitrogens is 2. The van der Waals surface area contributed by atoms with E-state index in [4.69, 9.17) is 10.2 Å².